The summed E-state index contributed by atoms with van der Waals surface area (Å²) in [4.78, 5) is 4.33. The van der Waals surface area contributed by atoms with E-state index in [-0.39, 0.29) is 0 Å². The largest absolute Gasteiger partial charge is 0.310 e. The monoisotopic (exact) mass is 274 g/mol. The second-order valence-electron chi connectivity index (χ2n) is 5.22. The fraction of sp³-hybridized carbons (Fsp3) is 0.438. The van der Waals surface area contributed by atoms with Crippen LogP contribution >= 0.6 is 11.3 Å². The van der Waals surface area contributed by atoms with Crippen LogP contribution in [0.3, 0.4) is 0 Å². The van der Waals surface area contributed by atoms with Crippen molar-refractivity contribution in [2.75, 3.05) is 6.54 Å². The number of hydrogen-bond donors (Lipinski definition) is 1. The number of nitrogens with zero attached hydrogens (tertiary/aromatic N) is 1. The van der Waals surface area contributed by atoms with Crippen molar-refractivity contribution < 1.29 is 0 Å². The molecule has 3 heteroatoms. The Kier molecular flexibility index (Phi) is 5.55. The topological polar surface area (TPSA) is 24.9 Å². The normalized spacial score (nSPS) is 12.8. The molecule has 0 saturated carbocycles. The summed E-state index contributed by atoms with van der Waals surface area (Å²) < 4.78 is 0. The van der Waals surface area contributed by atoms with Crippen LogP contribution in [-0.2, 0) is 6.42 Å². The Morgan fingerprint density at radius 1 is 1.21 bits per heavy atom. The first kappa shape index (κ1) is 14.2. The van der Waals surface area contributed by atoms with Crippen LogP contribution in [0.4, 0.5) is 0 Å². The maximum Gasteiger partial charge on any atom is 0.0937 e. The highest BCUT2D eigenvalue weighted by atomic mass is 32.1. The summed E-state index contributed by atoms with van der Waals surface area (Å²) in [5, 5.41) is 6.92. The summed E-state index contributed by atoms with van der Waals surface area (Å²) in [6.07, 6.45) is 4.06. The fourth-order valence-electron chi connectivity index (χ4n) is 2.22. The summed E-state index contributed by atoms with van der Waals surface area (Å²) >= 11 is 1.73. The minimum atomic E-state index is 0.446. The van der Waals surface area contributed by atoms with Crippen molar-refractivity contribution in [3.63, 3.8) is 0 Å². The molecule has 2 rings (SSSR count). The lowest BCUT2D eigenvalue weighted by Gasteiger charge is -2.21. The smallest absolute Gasteiger partial charge is 0.0937 e. The molecule has 102 valence electrons. The van der Waals surface area contributed by atoms with Gasteiger partial charge in [-0.15, -0.1) is 11.3 Å². The van der Waals surface area contributed by atoms with Crippen molar-refractivity contribution >= 4 is 11.3 Å². The van der Waals surface area contributed by atoms with Crippen LogP contribution in [0.2, 0.25) is 0 Å². The van der Waals surface area contributed by atoms with Crippen molar-refractivity contribution in [2.24, 2.45) is 5.92 Å². The molecule has 1 aromatic carbocycles. The van der Waals surface area contributed by atoms with Gasteiger partial charge in [-0.2, -0.15) is 0 Å². The van der Waals surface area contributed by atoms with E-state index in [1.54, 1.807) is 11.3 Å². The van der Waals surface area contributed by atoms with Crippen LogP contribution in [-0.4, -0.2) is 11.5 Å². The van der Waals surface area contributed by atoms with Crippen molar-refractivity contribution in [1.29, 1.82) is 0 Å². The maximum absolute atomic E-state index is 4.33. The van der Waals surface area contributed by atoms with Gasteiger partial charge in [-0.05, 0) is 17.9 Å². The van der Waals surface area contributed by atoms with E-state index in [1.807, 2.05) is 11.6 Å². The first-order chi connectivity index (χ1) is 9.25. The average Bonchev–Trinajstić information content (AvgIpc) is 2.91. The number of hydrogen-bond acceptors (Lipinski definition) is 3. The van der Waals surface area contributed by atoms with Gasteiger partial charge in [0.25, 0.3) is 0 Å². The van der Waals surface area contributed by atoms with Crippen molar-refractivity contribution in [2.45, 2.75) is 32.7 Å². The standard InChI is InChI=1S/C16H22N2S/c1-13(2)12-15(14-6-4-3-5-7-14)17-9-8-16-18-10-11-19-16/h3-7,10-11,13,15,17H,8-9,12H2,1-2H3. The molecule has 0 radical (unpaired) electrons. The number of rotatable bonds is 7. The zero-order valence-electron chi connectivity index (χ0n) is 11.7. The molecule has 1 unspecified atom stereocenters. The second-order valence-corrected chi connectivity index (χ2v) is 6.20. The molecule has 2 nitrogen and oxygen atoms in total. The van der Waals surface area contributed by atoms with E-state index in [0.29, 0.717) is 12.0 Å². The molecule has 0 aliphatic carbocycles. The van der Waals surface area contributed by atoms with Crippen molar-refractivity contribution in [3.8, 4) is 0 Å². The van der Waals surface area contributed by atoms with E-state index < -0.39 is 0 Å². The number of nitrogens with one attached hydrogen (secondary N) is 1. The van der Waals surface area contributed by atoms with Crippen LogP contribution in [0.5, 0.6) is 0 Å². The summed E-state index contributed by atoms with van der Waals surface area (Å²) in [7, 11) is 0. The van der Waals surface area contributed by atoms with Gasteiger partial charge in [-0.3, -0.25) is 0 Å². The van der Waals surface area contributed by atoms with E-state index >= 15 is 0 Å². The third kappa shape index (κ3) is 4.77. The molecule has 0 spiro atoms. The van der Waals surface area contributed by atoms with Gasteiger partial charge >= 0.3 is 0 Å². The Labute approximate surface area is 119 Å². The van der Waals surface area contributed by atoms with E-state index in [4.69, 9.17) is 0 Å². The lowest BCUT2D eigenvalue weighted by molar-refractivity contribution is 0.432. The SMILES string of the molecule is CC(C)CC(NCCc1nccs1)c1ccccc1. The first-order valence-electron chi connectivity index (χ1n) is 6.92. The van der Waals surface area contributed by atoms with Crippen LogP contribution in [0.15, 0.2) is 41.9 Å². The van der Waals surface area contributed by atoms with Gasteiger partial charge in [-0.25, -0.2) is 4.98 Å². The predicted octanol–water partition coefficient (Wildman–Crippen LogP) is 4.06. The molecule has 2 aromatic rings. The molecule has 1 N–H and O–H groups in total. The summed E-state index contributed by atoms with van der Waals surface area (Å²) in [6.45, 7) is 5.54. The predicted molar refractivity (Wildman–Crippen MR) is 82.5 cm³/mol. The number of thiazole rings is 1. The summed E-state index contributed by atoms with van der Waals surface area (Å²) in [6, 6.07) is 11.2. The molecule has 0 bridgehead atoms. The van der Waals surface area contributed by atoms with Gasteiger partial charge in [0.1, 0.15) is 0 Å². The minimum Gasteiger partial charge on any atom is -0.310 e. The third-order valence-corrected chi connectivity index (χ3v) is 3.96. The first-order valence-corrected chi connectivity index (χ1v) is 7.80. The Balaban J connectivity index is 1.91. The van der Waals surface area contributed by atoms with Gasteiger partial charge in [0.2, 0.25) is 0 Å². The molecule has 1 heterocycles. The van der Waals surface area contributed by atoms with Gasteiger partial charge in [-0.1, -0.05) is 44.2 Å². The lowest BCUT2D eigenvalue weighted by Crippen LogP contribution is -2.25. The quantitative estimate of drug-likeness (QED) is 0.823. The summed E-state index contributed by atoms with van der Waals surface area (Å²) in [5.41, 5.74) is 1.38. The van der Waals surface area contributed by atoms with Gasteiger partial charge in [0.05, 0.1) is 5.01 Å². The fourth-order valence-corrected chi connectivity index (χ4v) is 2.84. The average molecular weight is 274 g/mol. The Morgan fingerprint density at radius 3 is 2.63 bits per heavy atom. The highest BCUT2D eigenvalue weighted by molar-refractivity contribution is 7.09. The Bertz CT molecular complexity index is 451. The zero-order chi connectivity index (χ0) is 13.5. The minimum absolute atomic E-state index is 0.446. The Hall–Kier alpha value is -1.19. The molecule has 0 aliphatic rings. The molecule has 0 amide bonds. The van der Waals surface area contributed by atoms with Gasteiger partial charge in [0, 0.05) is 30.6 Å². The van der Waals surface area contributed by atoms with Crippen molar-refractivity contribution in [1.82, 2.24) is 10.3 Å². The Morgan fingerprint density at radius 2 is 2.00 bits per heavy atom. The van der Waals surface area contributed by atoms with Crippen LogP contribution < -0.4 is 5.32 Å². The second kappa shape index (κ2) is 7.41. The molecule has 1 aromatic heterocycles. The molecule has 1 atom stereocenters. The number of benzene rings is 1. The molecular weight excluding hydrogens is 252 g/mol. The highest BCUT2D eigenvalue weighted by Crippen LogP contribution is 2.21. The van der Waals surface area contributed by atoms with Crippen LogP contribution in [0.1, 0.15) is 36.9 Å². The van der Waals surface area contributed by atoms with Gasteiger partial charge < -0.3 is 5.32 Å². The molecule has 0 fully saturated rings. The molecular formula is C16H22N2S. The molecule has 0 saturated heterocycles. The van der Waals surface area contributed by atoms with E-state index in [9.17, 15) is 0 Å². The zero-order valence-corrected chi connectivity index (χ0v) is 12.5. The van der Waals surface area contributed by atoms with E-state index in [1.165, 1.54) is 17.0 Å². The van der Waals surface area contributed by atoms with E-state index in [0.717, 1.165) is 13.0 Å². The van der Waals surface area contributed by atoms with Gasteiger partial charge in [0.15, 0.2) is 0 Å². The van der Waals surface area contributed by atoms with Crippen LogP contribution in [0.25, 0.3) is 0 Å². The third-order valence-electron chi connectivity index (χ3n) is 3.12. The maximum atomic E-state index is 4.33. The molecule has 0 aliphatic heterocycles. The number of aromatic nitrogens is 1. The highest BCUT2D eigenvalue weighted by Gasteiger charge is 2.12. The summed E-state index contributed by atoms with van der Waals surface area (Å²) in [5.74, 6) is 0.692. The van der Waals surface area contributed by atoms with Crippen molar-refractivity contribution in [3.05, 3.63) is 52.5 Å². The van der Waals surface area contributed by atoms with Crippen LogP contribution in [0, 0.1) is 5.92 Å². The lowest BCUT2D eigenvalue weighted by atomic mass is 9.97. The van der Waals surface area contributed by atoms with E-state index in [2.05, 4.69) is 54.5 Å². The molecule has 19 heavy (non-hydrogen) atoms.